The first-order valence-electron chi connectivity index (χ1n) is 4.48. The third-order valence-corrected chi connectivity index (χ3v) is 2.79. The number of nitrogen functional groups attached to an aromatic ring is 1. The van der Waals surface area contributed by atoms with Gasteiger partial charge in [0, 0.05) is 7.11 Å². The molecule has 0 aliphatic rings. The molecular formula is C10H11N3OS. The quantitative estimate of drug-likeness (QED) is 0.859. The highest BCUT2D eigenvalue weighted by atomic mass is 32.1. The van der Waals surface area contributed by atoms with Gasteiger partial charge >= 0.3 is 0 Å². The molecule has 1 unspecified atom stereocenters. The van der Waals surface area contributed by atoms with Crippen molar-refractivity contribution in [3.63, 3.8) is 0 Å². The summed E-state index contributed by atoms with van der Waals surface area (Å²) in [6.07, 6.45) is -0.180. The maximum Gasteiger partial charge on any atom is 0.232 e. The van der Waals surface area contributed by atoms with Gasteiger partial charge < -0.3 is 10.5 Å². The predicted molar refractivity (Wildman–Crippen MR) is 59.6 cm³/mol. The van der Waals surface area contributed by atoms with Crippen LogP contribution in [-0.2, 0) is 4.74 Å². The van der Waals surface area contributed by atoms with Gasteiger partial charge in [-0.3, -0.25) is 0 Å². The van der Waals surface area contributed by atoms with Crippen LogP contribution in [0, 0.1) is 0 Å². The monoisotopic (exact) mass is 221 g/mol. The predicted octanol–water partition coefficient (Wildman–Crippen LogP) is 1.86. The van der Waals surface area contributed by atoms with Crippen molar-refractivity contribution in [2.75, 3.05) is 12.8 Å². The lowest BCUT2D eigenvalue weighted by atomic mass is 10.1. The van der Waals surface area contributed by atoms with Gasteiger partial charge in [0.05, 0.1) is 0 Å². The van der Waals surface area contributed by atoms with Crippen LogP contribution in [0.25, 0.3) is 0 Å². The fourth-order valence-corrected chi connectivity index (χ4v) is 2.05. The van der Waals surface area contributed by atoms with Crippen LogP contribution in [0.4, 0.5) is 5.95 Å². The van der Waals surface area contributed by atoms with Crippen molar-refractivity contribution in [1.29, 1.82) is 0 Å². The van der Waals surface area contributed by atoms with Gasteiger partial charge in [0.2, 0.25) is 5.95 Å². The first-order valence-corrected chi connectivity index (χ1v) is 5.25. The summed E-state index contributed by atoms with van der Waals surface area (Å²) < 4.78 is 9.33. The average molecular weight is 221 g/mol. The Bertz CT molecular complexity index is 429. The molecule has 0 saturated heterocycles. The molecule has 4 nitrogen and oxygen atoms in total. The van der Waals surface area contributed by atoms with Crippen molar-refractivity contribution in [2.24, 2.45) is 0 Å². The lowest BCUT2D eigenvalue weighted by Crippen LogP contribution is -2.03. The summed E-state index contributed by atoms with van der Waals surface area (Å²) in [4.78, 5) is 4.12. The number of hydrogen-bond acceptors (Lipinski definition) is 5. The van der Waals surface area contributed by atoms with Crippen LogP contribution in [0.3, 0.4) is 0 Å². The highest BCUT2D eigenvalue weighted by Gasteiger charge is 2.17. The molecule has 1 aromatic carbocycles. The Labute approximate surface area is 91.9 Å². The summed E-state index contributed by atoms with van der Waals surface area (Å²) in [6.45, 7) is 0. The normalized spacial score (nSPS) is 12.6. The molecule has 2 rings (SSSR count). The Morgan fingerprint density at radius 2 is 2.07 bits per heavy atom. The van der Waals surface area contributed by atoms with Crippen LogP contribution in [-0.4, -0.2) is 16.5 Å². The Hall–Kier alpha value is -1.46. The van der Waals surface area contributed by atoms with Gasteiger partial charge in [-0.2, -0.15) is 4.37 Å². The summed E-state index contributed by atoms with van der Waals surface area (Å²) in [6, 6.07) is 9.87. The van der Waals surface area contributed by atoms with E-state index < -0.39 is 0 Å². The molecule has 0 bridgehead atoms. The summed E-state index contributed by atoms with van der Waals surface area (Å²) in [5, 5.41) is 0.779. The standard InChI is InChI=1S/C10H11N3OS/c1-14-8(7-5-3-2-4-6-7)9-12-10(11)13-15-9/h2-6,8H,1H3,(H2,11,13). The van der Waals surface area contributed by atoms with E-state index in [4.69, 9.17) is 10.5 Å². The first kappa shape index (κ1) is 10.1. The fraction of sp³-hybridized carbons (Fsp3) is 0.200. The zero-order valence-corrected chi connectivity index (χ0v) is 9.07. The van der Waals surface area contributed by atoms with Crippen molar-refractivity contribution in [2.45, 2.75) is 6.10 Å². The summed E-state index contributed by atoms with van der Waals surface area (Å²) in [5.41, 5.74) is 6.53. The van der Waals surface area contributed by atoms with Gasteiger partial charge in [-0.25, -0.2) is 4.98 Å². The second-order valence-corrected chi connectivity index (χ2v) is 3.80. The minimum Gasteiger partial charge on any atom is -0.369 e. The third kappa shape index (κ3) is 2.14. The van der Waals surface area contributed by atoms with Gasteiger partial charge in [0.25, 0.3) is 0 Å². The molecular weight excluding hydrogens is 210 g/mol. The number of aromatic nitrogens is 2. The molecule has 1 heterocycles. The van der Waals surface area contributed by atoms with E-state index in [1.807, 2.05) is 30.3 Å². The Morgan fingerprint density at radius 3 is 2.60 bits per heavy atom. The number of ether oxygens (including phenoxy) is 1. The molecule has 0 saturated carbocycles. The van der Waals surface area contributed by atoms with E-state index >= 15 is 0 Å². The van der Waals surface area contributed by atoms with E-state index in [0.717, 1.165) is 10.6 Å². The molecule has 5 heteroatoms. The van der Waals surface area contributed by atoms with Crippen molar-refractivity contribution in [3.8, 4) is 0 Å². The SMILES string of the molecule is COC(c1ccccc1)c1nc(N)ns1. The number of anilines is 1. The maximum atomic E-state index is 5.48. The van der Waals surface area contributed by atoms with Gasteiger partial charge in [0.1, 0.15) is 11.1 Å². The lowest BCUT2D eigenvalue weighted by molar-refractivity contribution is 0.136. The van der Waals surface area contributed by atoms with Gasteiger partial charge in [-0.15, -0.1) is 0 Å². The number of methoxy groups -OCH3 is 1. The van der Waals surface area contributed by atoms with Crippen molar-refractivity contribution >= 4 is 17.5 Å². The minimum absolute atomic E-state index is 0.180. The van der Waals surface area contributed by atoms with Crippen LogP contribution >= 0.6 is 11.5 Å². The second kappa shape index (κ2) is 4.37. The molecule has 78 valence electrons. The molecule has 1 atom stereocenters. The number of nitrogens with two attached hydrogens (primary N) is 1. The highest BCUT2D eigenvalue weighted by molar-refractivity contribution is 7.05. The molecule has 2 aromatic rings. The van der Waals surface area contributed by atoms with E-state index in [-0.39, 0.29) is 6.10 Å². The number of benzene rings is 1. The molecule has 0 aliphatic heterocycles. The zero-order chi connectivity index (χ0) is 10.7. The van der Waals surface area contributed by atoms with E-state index in [1.54, 1.807) is 7.11 Å². The molecule has 0 fully saturated rings. The van der Waals surface area contributed by atoms with E-state index in [9.17, 15) is 0 Å². The maximum absolute atomic E-state index is 5.48. The molecule has 15 heavy (non-hydrogen) atoms. The molecule has 0 aliphatic carbocycles. The Balaban J connectivity index is 2.33. The molecule has 1 aromatic heterocycles. The molecule has 0 spiro atoms. The van der Waals surface area contributed by atoms with Gasteiger partial charge in [-0.05, 0) is 17.1 Å². The Kier molecular flexibility index (Phi) is 2.94. The van der Waals surface area contributed by atoms with E-state index in [2.05, 4.69) is 9.36 Å². The Morgan fingerprint density at radius 1 is 1.33 bits per heavy atom. The van der Waals surface area contributed by atoms with Crippen molar-refractivity contribution in [3.05, 3.63) is 40.9 Å². The van der Waals surface area contributed by atoms with Crippen LogP contribution in [0.15, 0.2) is 30.3 Å². The van der Waals surface area contributed by atoms with Gasteiger partial charge in [-0.1, -0.05) is 30.3 Å². The van der Waals surface area contributed by atoms with Crippen molar-refractivity contribution < 1.29 is 4.74 Å². The van der Waals surface area contributed by atoms with E-state index in [1.165, 1.54) is 11.5 Å². The molecule has 0 amide bonds. The van der Waals surface area contributed by atoms with E-state index in [0.29, 0.717) is 5.95 Å². The minimum atomic E-state index is -0.180. The van der Waals surface area contributed by atoms with Gasteiger partial charge in [0.15, 0.2) is 0 Å². The zero-order valence-electron chi connectivity index (χ0n) is 8.25. The van der Waals surface area contributed by atoms with Crippen LogP contribution in [0.1, 0.15) is 16.7 Å². The number of hydrogen-bond donors (Lipinski definition) is 1. The lowest BCUT2D eigenvalue weighted by Gasteiger charge is -2.11. The van der Waals surface area contributed by atoms with Crippen molar-refractivity contribution in [1.82, 2.24) is 9.36 Å². The van der Waals surface area contributed by atoms with Crippen LogP contribution in [0.5, 0.6) is 0 Å². The highest BCUT2D eigenvalue weighted by Crippen LogP contribution is 2.26. The second-order valence-electron chi connectivity index (χ2n) is 3.02. The summed E-state index contributed by atoms with van der Waals surface area (Å²) in [7, 11) is 1.65. The molecule has 0 radical (unpaired) electrons. The average Bonchev–Trinajstić information content (AvgIpc) is 2.68. The molecule has 2 N–H and O–H groups in total. The largest absolute Gasteiger partial charge is 0.369 e. The fourth-order valence-electron chi connectivity index (χ4n) is 1.36. The number of rotatable bonds is 3. The topological polar surface area (TPSA) is 61.0 Å². The van der Waals surface area contributed by atoms with Crippen LogP contribution in [0.2, 0.25) is 0 Å². The third-order valence-electron chi connectivity index (χ3n) is 2.02. The summed E-state index contributed by atoms with van der Waals surface area (Å²) >= 11 is 1.27. The number of nitrogens with zero attached hydrogens (tertiary/aromatic N) is 2. The smallest absolute Gasteiger partial charge is 0.232 e. The van der Waals surface area contributed by atoms with Crippen LogP contribution < -0.4 is 5.73 Å². The summed E-state index contributed by atoms with van der Waals surface area (Å²) in [5.74, 6) is 0.299. The first-order chi connectivity index (χ1) is 7.31.